The molecule has 2 heterocycles. The van der Waals surface area contributed by atoms with E-state index in [2.05, 4.69) is 17.2 Å². The van der Waals surface area contributed by atoms with Crippen LogP contribution in [0.4, 0.5) is 0 Å². The molecule has 1 aliphatic carbocycles. The topological polar surface area (TPSA) is 71.2 Å². The van der Waals surface area contributed by atoms with Crippen molar-refractivity contribution in [3.8, 4) is 0 Å². The lowest BCUT2D eigenvalue weighted by molar-refractivity contribution is -0.124. The van der Waals surface area contributed by atoms with Crippen molar-refractivity contribution in [3.63, 3.8) is 0 Å². The highest BCUT2D eigenvalue weighted by Gasteiger charge is 2.21. The first-order valence-electron chi connectivity index (χ1n) is 9.20. The molecule has 5 nitrogen and oxygen atoms in total. The van der Waals surface area contributed by atoms with Crippen molar-refractivity contribution in [2.45, 2.75) is 32.7 Å². The molecule has 140 valence electrons. The van der Waals surface area contributed by atoms with Crippen LogP contribution in [0.2, 0.25) is 0 Å². The number of hydrogen-bond donors (Lipinski definition) is 2. The molecular formula is C21H22N2O3S. The number of esters is 1. The molecule has 1 atom stereocenters. The maximum atomic E-state index is 12.4. The van der Waals surface area contributed by atoms with Gasteiger partial charge in [0.15, 0.2) is 6.61 Å². The van der Waals surface area contributed by atoms with Gasteiger partial charge in [-0.2, -0.15) is 0 Å². The fraction of sp³-hybridized carbons (Fsp3) is 0.333. The van der Waals surface area contributed by atoms with Crippen LogP contribution in [0.25, 0.3) is 10.9 Å². The number of hydrogen-bond acceptors (Lipinski definition) is 4. The molecule has 0 saturated carbocycles. The quantitative estimate of drug-likeness (QED) is 0.659. The fourth-order valence-corrected chi connectivity index (χ4v) is 4.23. The third-order valence-electron chi connectivity index (χ3n) is 5.04. The van der Waals surface area contributed by atoms with Crippen LogP contribution in [0.1, 0.15) is 39.8 Å². The minimum atomic E-state index is -0.470. The third kappa shape index (κ3) is 3.90. The van der Waals surface area contributed by atoms with Gasteiger partial charge in [0.05, 0.1) is 12.1 Å². The van der Waals surface area contributed by atoms with Crippen LogP contribution >= 0.6 is 11.3 Å². The van der Waals surface area contributed by atoms with Crippen LogP contribution in [0.5, 0.6) is 0 Å². The van der Waals surface area contributed by atoms with Crippen LogP contribution in [-0.2, 0) is 28.9 Å². The Morgan fingerprint density at radius 1 is 1.33 bits per heavy atom. The van der Waals surface area contributed by atoms with E-state index in [-0.39, 0.29) is 12.5 Å². The predicted octanol–water partition coefficient (Wildman–Crippen LogP) is 3.83. The molecule has 3 aromatic rings. The van der Waals surface area contributed by atoms with E-state index < -0.39 is 5.97 Å². The van der Waals surface area contributed by atoms with E-state index in [1.165, 1.54) is 17.7 Å². The van der Waals surface area contributed by atoms with E-state index in [4.69, 9.17) is 4.74 Å². The van der Waals surface area contributed by atoms with Gasteiger partial charge in [0.25, 0.3) is 5.91 Å². The summed E-state index contributed by atoms with van der Waals surface area (Å²) in [6.07, 6.45) is 3.27. The number of aromatic nitrogens is 1. The van der Waals surface area contributed by atoms with Crippen LogP contribution in [0.15, 0.2) is 35.7 Å². The number of H-pyrrole nitrogens is 1. The van der Waals surface area contributed by atoms with E-state index in [1.54, 1.807) is 17.4 Å². The lowest BCUT2D eigenvalue weighted by atomic mass is 9.87. The zero-order valence-corrected chi connectivity index (χ0v) is 16.0. The van der Waals surface area contributed by atoms with Gasteiger partial charge in [-0.25, -0.2) is 4.79 Å². The largest absolute Gasteiger partial charge is 0.452 e. The standard InChI is InChI=1S/C21H22N2O3S/c1-13-4-6-18-16(9-13)17-10-14(5-7-19(17)23-18)21(25)26-12-20(24)22-11-15-3-2-8-27-15/h2-3,5,7-8,10,13,23H,4,6,9,11-12H2,1H3,(H,22,24). The van der Waals surface area contributed by atoms with Gasteiger partial charge in [-0.15, -0.1) is 11.3 Å². The molecule has 1 unspecified atom stereocenters. The predicted molar refractivity (Wildman–Crippen MR) is 106 cm³/mol. The average molecular weight is 382 g/mol. The van der Waals surface area contributed by atoms with E-state index >= 15 is 0 Å². The molecule has 0 saturated heterocycles. The van der Waals surface area contributed by atoms with Crippen LogP contribution in [0, 0.1) is 5.92 Å². The summed E-state index contributed by atoms with van der Waals surface area (Å²) < 4.78 is 5.19. The lowest BCUT2D eigenvalue weighted by Gasteiger charge is -2.18. The molecule has 0 radical (unpaired) electrons. The summed E-state index contributed by atoms with van der Waals surface area (Å²) in [5, 5.41) is 5.80. The Kier molecular flexibility index (Phi) is 4.99. The number of thiophene rings is 1. The Morgan fingerprint density at radius 2 is 2.22 bits per heavy atom. The van der Waals surface area contributed by atoms with E-state index in [9.17, 15) is 9.59 Å². The number of carbonyl (C=O) groups excluding carboxylic acids is 2. The van der Waals surface area contributed by atoms with Gasteiger partial charge in [-0.05, 0) is 60.4 Å². The van der Waals surface area contributed by atoms with Crippen molar-refractivity contribution >= 4 is 34.1 Å². The number of aryl methyl sites for hydroxylation is 1. The molecule has 0 bridgehead atoms. The Hall–Kier alpha value is -2.60. The number of rotatable bonds is 5. The zero-order chi connectivity index (χ0) is 18.8. The van der Waals surface area contributed by atoms with Gasteiger partial charge in [-0.3, -0.25) is 4.79 Å². The van der Waals surface area contributed by atoms with Crippen molar-refractivity contribution in [1.29, 1.82) is 0 Å². The maximum Gasteiger partial charge on any atom is 0.338 e. The minimum Gasteiger partial charge on any atom is -0.452 e. The number of ether oxygens (including phenoxy) is 1. The van der Waals surface area contributed by atoms with Crippen LogP contribution in [-0.4, -0.2) is 23.5 Å². The highest BCUT2D eigenvalue weighted by atomic mass is 32.1. The van der Waals surface area contributed by atoms with E-state index in [1.807, 2.05) is 29.6 Å². The Balaban J connectivity index is 1.40. The molecule has 0 aliphatic heterocycles. The summed E-state index contributed by atoms with van der Waals surface area (Å²) >= 11 is 1.57. The van der Waals surface area contributed by atoms with Crippen LogP contribution in [0.3, 0.4) is 0 Å². The molecule has 1 amide bonds. The zero-order valence-electron chi connectivity index (χ0n) is 15.2. The van der Waals surface area contributed by atoms with Gasteiger partial charge >= 0.3 is 5.97 Å². The van der Waals surface area contributed by atoms with Crippen LogP contribution < -0.4 is 5.32 Å². The summed E-state index contributed by atoms with van der Waals surface area (Å²) in [7, 11) is 0. The fourth-order valence-electron chi connectivity index (χ4n) is 3.58. The summed E-state index contributed by atoms with van der Waals surface area (Å²) in [6.45, 7) is 2.44. The molecule has 6 heteroatoms. The molecule has 0 fully saturated rings. The van der Waals surface area contributed by atoms with Gasteiger partial charge in [0, 0.05) is 21.5 Å². The third-order valence-corrected chi connectivity index (χ3v) is 5.92. The molecule has 1 aromatic carbocycles. The second-order valence-electron chi connectivity index (χ2n) is 7.12. The maximum absolute atomic E-state index is 12.4. The highest BCUT2D eigenvalue weighted by molar-refractivity contribution is 7.09. The molecular weight excluding hydrogens is 360 g/mol. The Bertz CT molecular complexity index is 975. The number of aromatic amines is 1. The number of benzene rings is 1. The first kappa shape index (κ1) is 17.8. The first-order valence-corrected chi connectivity index (χ1v) is 10.1. The Labute approximate surface area is 161 Å². The van der Waals surface area contributed by atoms with Crippen molar-refractivity contribution in [1.82, 2.24) is 10.3 Å². The van der Waals surface area contributed by atoms with Crippen molar-refractivity contribution in [2.24, 2.45) is 5.92 Å². The average Bonchev–Trinajstić information content (AvgIpc) is 3.31. The lowest BCUT2D eigenvalue weighted by Crippen LogP contribution is -2.28. The highest BCUT2D eigenvalue weighted by Crippen LogP contribution is 2.32. The van der Waals surface area contributed by atoms with Crippen molar-refractivity contribution < 1.29 is 14.3 Å². The molecule has 27 heavy (non-hydrogen) atoms. The summed E-state index contributed by atoms with van der Waals surface area (Å²) in [5.74, 6) is -0.119. The normalized spacial score (nSPS) is 16.1. The summed E-state index contributed by atoms with van der Waals surface area (Å²) in [6, 6.07) is 9.44. The molecule has 4 rings (SSSR count). The van der Waals surface area contributed by atoms with Crippen molar-refractivity contribution in [3.05, 3.63) is 57.4 Å². The monoisotopic (exact) mass is 382 g/mol. The minimum absolute atomic E-state index is 0.273. The summed E-state index contributed by atoms with van der Waals surface area (Å²) in [5.41, 5.74) is 4.13. The number of carbonyl (C=O) groups is 2. The van der Waals surface area contributed by atoms with E-state index in [0.29, 0.717) is 18.0 Å². The number of fused-ring (bicyclic) bond motifs is 3. The molecule has 2 N–H and O–H groups in total. The Morgan fingerprint density at radius 3 is 3.04 bits per heavy atom. The molecule has 0 spiro atoms. The summed E-state index contributed by atoms with van der Waals surface area (Å²) in [4.78, 5) is 28.8. The van der Waals surface area contributed by atoms with E-state index in [0.717, 1.165) is 28.6 Å². The second-order valence-corrected chi connectivity index (χ2v) is 8.15. The first-order chi connectivity index (χ1) is 13.1. The van der Waals surface area contributed by atoms with Crippen molar-refractivity contribution in [2.75, 3.05) is 6.61 Å². The number of nitrogens with one attached hydrogen (secondary N) is 2. The molecule has 2 aromatic heterocycles. The van der Waals surface area contributed by atoms with Gasteiger partial charge in [0.1, 0.15) is 0 Å². The van der Waals surface area contributed by atoms with Gasteiger partial charge in [0.2, 0.25) is 0 Å². The molecule has 1 aliphatic rings. The number of amides is 1. The SMILES string of the molecule is CC1CCc2[nH]c3ccc(C(=O)OCC(=O)NCc4cccs4)cc3c2C1. The van der Waals surface area contributed by atoms with Gasteiger partial charge in [-0.1, -0.05) is 13.0 Å². The second kappa shape index (κ2) is 7.56. The van der Waals surface area contributed by atoms with Gasteiger partial charge < -0.3 is 15.0 Å². The smallest absolute Gasteiger partial charge is 0.338 e.